The summed E-state index contributed by atoms with van der Waals surface area (Å²) in [5.74, 6) is 1.67. The molecule has 0 fully saturated rings. The van der Waals surface area contributed by atoms with Crippen molar-refractivity contribution in [2.24, 2.45) is 0 Å². The van der Waals surface area contributed by atoms with Crippen LogP contribution in [0.25, 0.3) is 0 Å². The minimum atomic E-state index is 0.686. The highest BCUT2D eigenvalue weighted by molar-refractivity contribution is 6.30. The molecule has 0 aliphatic carbocycles. The van der Waals surface area contributed by atoms with Gasteiger partial charge in [0.2, 0.25) is 0 Å². The highest BCUT2D eigenvalue weighted by Gasteiger charge is 2.09. The van der Waals surface area contributed by atoms with Crippen molar-refractivity contribution >= 4 is 28.9 Å². The molecule has 0 unspecified atom stereocenters. The fourth-order valence-corrected chi connectivity index (χ4v) is 2.60. The average Bonchev–Trinajstić information content (AvgIpc) is 2.63. The van der Waals surface area contributed by atoms with Crippen LogP contribution in [-0.2, 0) is 6.54 Å². The number of aromatic nitrogens is 2. The van der Waals surface area contributed by atoms with Crippen molar-refractivity contribution < 1.29 is 0 Å². The van der Waals surface area contributed by atoms with Gasteiger partial charge in [0.15, 0.2) is 0 Å². The lowest BCUT2D eigenvalue weighted by atomic mass is 10.2. The van der Waals surface area contributed by atoms with E-state index in [1.165, 1.54) is 0 Å². The van der Waals surface area contributed by atoms with Gasteiger partial charge in [-0.2, -0.15) is 0 Å². The van der Waals surface area contributed by atoms with Gasteiger partial charge < -0.3 is 10.2 Å². The molecule has 3 aromatic rings. The van der Waals surface area contributed by atoms with Crippen molar-refractivity contribution in [3.05, 3.63) is 77.6 Å². The molecule has 0 saturated heterocycles. The van der Waals surface area contributed by atoms with Crippen LogP contribution < -0.4 is 10.2 Å². The maximum Gasteiger partial charge on any atom is 0.138 e. The quantitative estimate of drug-likeness (QED) is 0.694. The fourth-order valence-electron chi connectivity index (χ4n) is 2.47. The summed E-state index contributed by atoms with van der Waals surface area (Å²) in [6.07, 6.45) is 1.59. The third-order valence-corrected chi connectivity index (χ3v) is 3.95. The van der Waals surface area contributed by atoms with Gasteiger partial charge in [0, 0.05) is 29.9 Å². The molecule has 1 N–H and O–H groups in total. The molecule has 0 aliphatic heterocycles. The summed E-state index contributed by atoms with van der Waals surface area (Å²) >= 11 is 5.91. The number of nitrogens with one attached hydrogen (secondary N) is 1. The van der Waals surface area contributed by atoms with Crippen molar-refractivity contribution in [1.82, 2.24) is 9.97 Å². The van der Waals surface area contributed by atoms with Gasteiger partial charge in [0.1, 0.15) is 18.0 Å². The van der Waals surface area contributed by atoms with Crippen LogP contribution in [0.1, 0.15) is 12.5 Å². The van der Waals surface area contributed by atoms with Gasteiger partial charge in [-0.05, 0) is 36.8 Å². The van der Waals surface area contributed by atoms with Crippen LogP contribution in [0.2, 0.25) is 5.02 Å². The highest BCUT2D eigenvalue weighted by atomic mass is 35.5. The molecule has 5 heteroatoms. The molecule has 0 radical (unpaired) electrons. The molecule has 0 aliphatic rings. The van der Waals surface area contributed by atoms with Gasteiger partial charge in [-0.3, -0.25) is 0 Å². The Bertz CT molecular complexity index is 775. The third-order valence-electron chi connectivity index (χ3n) is 3.70. The summed E-state index contributed by atoms with van der Waals surface area (Å²) < 4.78 is 0. The minimum Gasteiger partial charge on any atom is -0.366 e. The Hall–Kier alpha value is -2.59. The fraction of sp³-hybridized carbons (Fsp3) is 0.158. The second-order valence-corrected chi connectivity index (χ2v) is 5.76. The van der Waals surface area contributed by atoms with E-state index < -0.39 is 0 Å². The lowest BCUT2D eigenvalue weighted by Gasteiger charge is -2.22. The normalized spacial score (nSPS) is 10.4. The molecular formula is C19H19ClN4. The van der Waals surface area contributed by atoms with E-state index in [9.17, 15) is 0 Å². The van der Waals surface area contributed by atoms with Crippen molar-refractivity contribution in [1.29, 1.82) is 0 Å². The predicted molar refractivity (Wildman–Crippen MR) is 99.9 cm³/mol. The van der Waals surface area contributed by atoms with Gasteiger partial charge in [0.05, 0.1) is 0 Å². The Morgan fingerprint density at radius 3 is 2.46 bits per heavy atom. The van der Waals surface area contributed by atoms with Crippen LogP contribution in [0.5, 0.6) is 0 Å². The van der Waals surface area contributed by atoms with Gasteiger partial charge in [-0.1, -0.05) is 41.9 Å². The summed E-state index contributed by atoms with van der Waals surface area (Å²) in [7, 11) is 0. The second kappa shape index (κ2) is 7.79. The van der Waals surface area contributed by atoms with E-state index in [4.69, 9.17) is 11.6 Å². The predicted octanol–water partition coefficient (Wildman–Crippen LogP) is 4.90. The van der Waals surface area contributed by atoms with Crippen molar-refractivity contribution in [2.75, 3.05) is 16.8 Å². The molecule has 0 saturated carbocycles. The average molecular weight is 339 g/mol. The summed E-state index contributed by atoms with van der Waals surface area (Å²) in [6, 6.07) is 20.0. The number of nitrogens with zero attached hydrogens (tertiary/aromatic N) is 3. The van der Waals surface area contributed by atoms with Crippen LogP contribution in [0.4, 0.5) is 17.3 Å². The molecule has 2 aromatic carbocycles. The van der Waals surface area contributed by atoms with E-state index >= 15 is 0 Å². The number of hydrogen-bond acceptors (Lipinski definition) is 4. The van der Waals surface area contributed by atoms with Crippen molar-refractivity contribution in [3.63, 3.8) is 0 Å². The molecule has 1 heterocycles. The van der Waals surface area contributed by atoms with Crippen molar-refractivity contribution in [2.45, 2.75) is 13.5 Å². The zero-order valence-corrected chi connectivity index (χ0v) is 14.2. The maximum absolute atomic E-state index is 5.91. The van der Waals surface area contributed by atoms with Gasteiger partial charge in [-0.25, -0.2) is 9.97 Å². The largest absolute Gasteiger partial charge is 0.366 e. The monoisotopic (exact) mass is 338 g/mol. The minimum absolute atomic E-state index is 0.686. The molecule has 122 valence electrons. The number of benzene rings is 2. The second-order valence-electron chi connectivity index (χ2n) is 5.32. The van der Waals surface area contributed by atoms with E-state index in [-0.39, 0.29) is 0 Å². The SMILES string of the molecule is CCN(c1ccccc1)c1cc(NCc2ccc(Cl)cc2)ncn1. The van der Waals surface area contributed by atoms with Crippen molar-refractivity contribution in [3.8, 4) is 0 Å². The Balaban J connectivity index is 1.74. The van der Waals surface area contributed by atoms with Crippen LogP contribution in [0.3, 0.4) is 0 Å². The smallest absolute Gasteiger partial charge is 0.138 e. The van der Waals surface area contributed by atoms with Crippen LogP contribution in [-0.4, -0.2) is 16.5 Å². The van der Waals surface area contributed by atoms with E-state index in [2.05, 4.69) is 39.2 Å². The third kappa shape index (κ3) is 4.03. The van der Waals surface area contributed by atoms with Gasteiger partial charge in [-0.15, -0.1) is 0 Å². The standard InChI is InChI=1S/C19H19ClN4/c1-2-24(17-6-4-3-5-7-17)19-12-18(22-14-23-19)21-13-15-8-10-16(20)11-9-15/h3-12,14H,2,13H2,1H3,(H,21,22,23). The van der Waals surface area contributed by atoms with E-state index in [0.717, 1.165) is 34.5 Å². The topological polar surface area (TPSA) is 41.0 Å². The first-order valence-corrected chi connectivity index (χ1v) is 8.27. The Labute approximate surface area is 147 Å². The summed E-state index contributed by atoms with van der Waals surface area (Å²) in [6.45, 7) is 3.62. The molecule has 0 amide bonds. The number of rotatable bonds is 6. The van der Waals surface area contributed by atoms with Crippen LogP contribution in [0, 0.1) is 0 Å². The Morgan fingerprint density at radius 1 is 1.00 bits per heavy atom. The molecule has 3 rings (SSSR count). The highest BCUT2D eigenvalue weighted by Crippen LogP contribution is 2.24. The van der Waals surface area contributed by atoms with E-state index in [1.807, 2.05) is 48.5 Å². The zero-order chi connectivity index (χ0) is 16.8. The summed E-state index contributed by atoms with van der Waals surface area (Å²) in [4.78, 5) is 10.9. The van der Waals surface area contributed by atoms with Crippen LogP contribution >= 0.6 is 11.6 Å². The first kappa shape index (κ1) is 16.3. The lowest BCUT2D eigenvalue weighted by molar-refractivity contribution is 0.972. The van der Waals surface area contributed by atoms with Gasteiger partial charge in [0.25, 0.3) is 0 Å². The number of halogens is 1. The molecule has 24 heavy (non-hydrogen) atoms. The lowest BCUT2D eigenvalue weighted by Crippen LogP contribution is -2.17. The first-order valence-electron chi connectivity index (χ1n) is 7.89. The Kier molecular flexibility index (Phi) is 5.29. The molecular weight excluding hydrogens is 320 g/mol. The Morgan fingerprint density at radius 2 is 1.75 bits per heavy atom. The molecule has 0 spiro atoms. The maximum atomic E-state index is 5.91. The van der Waals surface area contributed by atoms with E-state index in [0.29, 0.717) is 6.54 Å². The number of anilines is 3. The summed E-state index contributed by atoms with van der Waals surface area (Å²) in [5, 5.41) is 4.07. The molecule has 0 atom stereocenters. The molecule has 0 bridgehead atoms. The first-order chi connectivity index (χ1) is 11.8. The number of para-hydroxylation sites is 1. The molecule has 4 nitrogen and oxygen atoms in total. The zero-order valence-electron chi connectivity index (χ0n) is 13.5. The summed E-state index contributed by atoms with van der Waals surface area (Å²) in [5.41, 5.74) is 2.26. The van der Waals surface area contributed by atoms with Crippen LogP contribution in [0.15, 0.2) is 67.0 Å². The van der Waals surface area contributed by atoms with E-state index in [1.54, 1.807) is 6.33 Å². The van der Waals surface area contributed by atoms with Gasteiger partial charge >= 0.3 is 0 Å². The number of hydrogen-bond donors (Lipinski definition) is 1. The molecule has 1 aromatic heterocycles.